The summed E-state index contributed by atoms with van der Waals surface area (Å²) in [7, 11) is -1.14. The van der Waals surface area contributed by atoms with Crippen molar-refractivity contribution in [3.8, 4) is 5.75 Å². The van der Waals surface area contributed by atoms with Crippen LogP contribution in [0.25, 0.3) is 0 Å². The maximum absolute atomic E-state index is 12.5. The van der Waals surface area contributed by atoms with Gasteiger partial charge in [0.05, 0.1) is 33.3 Å². The molecule has 1 amide bonds. The first-order valence-electron chi connectivity index (χ1n) is 6.67. The van der Waals surface area contributed by atoms with E-state index in [0.29, 0.717) is 0 Å². The third-order valence-electron chi connectivity index (χ3n) is 3.15. The van der Waals surface area contributed by atoms with Crippen LogP contribution in [-0.2, 0) is 10.0 Å². The Morgan fingerprint density at radius 1 is 1.17 bits per heavy atom. The molecule has 2 aromatic rings. The zero-order valence-corrected chi connectivity index (χ0v) is 15.1. The van der Waals surface area contributed by atoms with Gasteiger partial charge in [0, 0.05) is 7.05 Å². The predicted molar refractivity (Wildman–Crippen MR) is 93.7 cm³/mol. The molecule has 0 saturated carbocycles. The maximum Gasteiger partial charge on any atom is 0.261 e. The van der Waals surface area contributed by atoms with E-state index >= 15 is 0 Å². The number of amides is 1. The Hall–Kier alpha value is -1.96. The van der Waals surface area contributed by atoms with Gasteiger partial charge in [0.25, 0.3) is 15.9 Å². The first kappa shape index (κ1) is 18.4. The van der Waals surface area contributed by atoms with Crippen molar-refractivity contribution in [2.45, 2.75) is 4.90 Å². The Bertz CT molecular complexity index is 885. The molecule has 6 nitrogen and oxygen atoms in total. The SMILES string of the molecule is CNC(=O)c1cc(S(=O)(=O)Nc2cccc(Cl)c2Cl)ccc1OC. The zero-order chi connectivity index (χ0) is 17.9. The number of methoxy groups -OCH3 is 1. The molecule has 0 aromatic heterocycles. The minimum absolute atomic E-state index is 0.0859. The Labute approximate surface area is 149 Å². The van der Waals surface area contributed by atoms with Crippen molar-refractivity contribution in [1.82, 2.24) is 5.32 Å². The summed E-state index contributed by atoms with van der Waals surface area (Å²) >= 11 is 11.9. The number of anilines is 1. The second kappa shape index (κ2) is 7.29. The monoisotopic (exact) mass is 388 g/mol. The molecule has 0 atom stereocenters. The summed E-state index contributed by atoms with van der Waals surface area (Å²) in [5.41, 5.74) is 0.238. The minimum Gasteiger partial charge on any atom is -0.496 e. The van der Waals surface area contributed by atoms with Crippen molar-refractivity contribution in [3.63, 3.8) is 0 Å². The van der Waals surface area contributed by atoms with Crippen LogP contribution < -0.4 is 14.8 Å². The number of nitrogens with one attached hydrogen (secondary N) is 2. The van der Waals surface area contributed by atoms with E-state index < -0.39 is 15.9 Å². The molecule has 24 heavy (non-hydrogen) atoms. The molecule has 0 spiro atoms. The van der Waals surface area contributed by atoms with Gasteiger partial charge in [-0.1, -0.05) is 29.3 Å². The molecule has 2 N–H and O–H groups in total. The number of halogens is 2. The Balaban J connectivity index is 2.46. The van der Waals surface area contributed by atoms with Crippen LogP contribution in [0.5, 0.6) is 5.75 Å². The van der Waals surface area contributed by atoms with Crippen molar-refractivity contribution in [1.29, 1.82) is 0 Å². The minimum atomic E-state index is -3.97. The summed E-state index contributed by atoms with van der Waals surface area (Å²) < 4.78 is 32.5. The van der Waals surface area contributed by atoms with Gasteiger partial charge in [0.2, 0.25) is 0 Å². The molecule has 0 unspecified atom stereocenters. The number of sulfonamides is 1. The average Bonchev–Trinajstić information content (AvgIpc) is 2.57. The van der Waals surface area contributed by atoms with Crippen molar-refractivity contribution in [3.05, 3.63) is 52.0 Å². The van der Waals surface area contributed by atoms with Gasteiger partial charge in [0.15, 0.2) is 0 Å². The van der Waals surface area contributed by atoms with Crippen LogP contribution in [0.4, 0.5) is 5.69 Å². The summed E-state index contributed by atoms with van der Waals surface area (Å²) in [6.45, 7) is 0. The van der Waals surface area contributed by atoms with Crippen molar-refractivity contribution in [2.75, 3.05) is 18.9 Å². The lowest BCUT2D eigenvalue weighted by Crippen LogP contribution is -2.20. The van der Waals surface area contributed by atoms with Crippen LogP contribution in [0.15, 0.2) is 41.3 Å². The summed E-state index contributed by atoms with van der Waals surface area (Å²) in [5.74, 6) is -0.209. The first-order valence-corrected chi connectivity index (χ1v) is 8.91. The van der Waals surface area contributed by atoms with Gasteiger partial charge in [-0.3, -0.25) is 9.52 Å². The fraction of sp³-hybridized carbons (Fsp3) is 0.133. The van der Waals surface area contributed by atoms with Gasteiger partial charge in [0.1, 0.15) is 5.75 Å². The van der Waals surface area contributed by atoms with E-state index in [2.05, 4.69) is 10.0 Å². The van der Waals surface area contributed by atoms with Crippen molar-refractivity contribution in [2.24, 2.45) is 0 Å². The van der Waals surface area contributed by atoms with Crippen LogP contribution in [0, 0.1) is 0 Å². The summed E-state index contributed by atoms with van der Waals surface area (Å²) in [6, 6.07) is 8.53. The Kier molecular flexibility index (Phi) is 5.58. The number of ether oxygens (including phenoxy) is 1. The highest BCUT2D eigenvalue weighted by Crippen LogP contribution is 2.31. The van der Waals surface area contributed by atoms with Gasteiger partial charge in [-0.2, -0.15) is 0 Å². The van der Waals surface area contributed by atoms with Gasteiger partial charge < -0.3 is 10.1 Å². The fourth-order valence-electron chi connectivity index (χ4n) is 1.95. The average molecular weight is 389 g/mol. The topological polar surface area (TPSA) is 84.5 Å². The lowest BCUT2D eigenvalue weighted by molar-refractivity contribution is 0.0960. The second-order valence-electron chi connectivity index (χ2n) is 4.65. The fourth-order valence-corrected chi connectivity index (χ4v) is 3.45. The number of hydrogen-bond donors (Lipinski definition) is 2. The smallest absolute Gasteiger partial charge is 0.261 e. The van der Waals surface area contributed by atoms with E-state index in [9.17, 15) is 13.2 Å². The molecule has 0 aliphatic rings. The van der Waals surface area contributed by atoms with Crippen LogP contribution >= 0.6 is 23.2 Å². The highest BCUT2D eigenvalue weighted by Gasteiger charge is 2.20. The van der Waals surface area contributed by atoms with E-state index in [0.717, 1.165) is 0 Å². The molecule has 2 aromatic carbocycles. The van der Waals surface area contributed by atoms with E-state index in [1.165, 1.54) is 38.4 Å². The van der Waals surface area contributed by atoms with Crippen molar-refractivity contribution < 1.29 is 17.9 Å². The summed E-state index contributed by atoms with van der Waals surface area (Å²) in [6.07, 6.45) is 0. The molecule has 128 valence electrons. The normalized spacial score (nSPS) is 11.0. The quantitative estimate of drug-likeness (QED) is 0.823. The molecular weight excluding hydrogens is 375 g/mol. The standard InChI is InChI=1S/C15H14Cl2N2O4S/c1-18-15(20)10-8-9(6-7-13(10)23-2)24(21,22)19-12-5-3-4-11(16)14(12)17/h3-8,19H,1-2H3,(H,18,20). The highest BCUT2D eigenvalue weighted by atomic mass is 35.5. The number of carbonyl (C=O) groups excluding carboxylic acids is 1. The van der Waals surface area contributed by atoms with Gasteiger partial charge in [-0.25, -0.2) is 8.42 Å². The third kappa shape index (κ3) is 3.75. The Morgan fingerprint density at radius 2 is 1.88 bits per heavy atom. The molecular formula is C15H14Cl2N2O4S. The molecule has 0 fully saturated rings. The van der Waals surface area contributed by atoms with E-state index in [1.54, 1.807) is 12.1 Å². The molecule has 0 heterocycles. The van der Waals surface area contributed by atoms with E-state index in [-0.39, 0.29) is 31.9 Å². The number of carbonyl (C=O) groups is 1. The molecule has 0 bridgehead atoms. The molecule has 0 saturated heterocycles. The summed E-state index contributed by atoms with van der Waals surface area (Å²) in [4.78, 5) is 11.8. The molecule has 0 radical (unpaired) electrons. The van der Waals surface area contributed by atoms with Gasteiger partial charge >= 0.3 is 0 Å². The molecule has 2 rings (SSSR count). The van der Waals surface area contributed by atoms with Crippen LogP contribution in [0.3, 0.4) is 0 Å². The van der Waals surface area contributed by atoms with Crippen LogP contribution in [-0.4, -0.2) is 28.5 Å². The first-order chi connectivity index (χ1) is 11.3. The molecule has 0 aliphatic heterocycles. The number of hydrogen-bond acceptors (Lipinski definition) is 4. The highest BCUT2D eigenvalue weighted by molar-refractivity contribution is 7.92. The van der Waals surface area contributed by atoms with Gasteiger partial charge in [-0.05, 0) is 30.3 Å². The van der Waals surface area contributed by atoms with E-state index in [1.807, 2.05) is 0 Å². The van der Waals surface area contributed by atoms with Crippen LogP contribution in [0.2, 0.25) is 10.0 Å². The number of benzene rings is 2. The lowest BCUT2D eigenvalue weighted by atomic mass is 10.2. The second-order valence-corrected chi connectivity index (χ2v) is 7.12. The number of rotatable bonds is 5. The third-order valence-corrected chi connectivity index (χ3v) is 5.33. The predicted octanol–water partition coefficient (Wildman–Crippen LogP) is 3.16. The summed E-state index contributed by atoms with van der Waals surface area (Å²) in [5, 5.41) is 2.73. The largest absolute Gasteiger partial charge is 0.496 e. The zero-order valence-electron chi connectivity index (χ0n) is 12.8. The maximum atomic E-state index is 12.5. The molecule has 9 heteroatoms. The van der Waals surface area contributed by atoms with Gasteiger partial charge in [-0.15, -0.1) is 0 Å². The van der Waals surface area contributed by atoms with Crippen molar-refractivity contribution >= 4 is 44.8 Å². The van der Waals surface area contributed by atoms with Crippen LogP contribution in [0.1, 0.15) is 10.4 Å². The Morgan fingerprint density at radius 3 is 2.50 bits per heavy atom. The lowest BCUT2D eigenvalue weighted by Gasteiger charge is -2.13. The van der Waals surface area contributed by atoms with E-state index in [4.69, 9.17) is 27.9 Å². The molecule has 0 aliphatic carbocycles.